The predicted molar refractivity (Wildman–Crippen MR) is 149 cm³/mol. The highest BCUT2D eigenvalue weighted by molar-refractivity contribution is 6.00. The molecule has 1 unspecified atom stereocenters. The van der Waals surface area contributed by atoms with E-state index in [1.165, 1.54) is 19.2 Å². The Labute approximate surface area is 232 Å². The molecule has 1 saturated carbocycles. The first-order valence-corrected chi connectivity index (χ1v) is 13.2. The van der Waals surface area contributed by atoms with E-state index in [-0.39, 0.29) is 23.2 Å². The van der Waals surface area contributed by atoms with Crippen LogP contribution in [0.4, 0.5) is 4.39 Å². The molecule has 204 valence electrons. The number of hydrogen-bond donors (Lipinski definition) is 1. The lowest BCUT2D eigenvalue weighted by Crippen LogP contribution is -2.32. The van der Waals surface area contributed by atoms with Crippen molar-refractivity contribution in [2.24, 2.45) is 5.92 Å². The van der Waals surface area contributed by atoms with Gasteiger partial charge in [-0.1, -0.05) is 60.7 Å². The van der Waals surface area contributed by atoms with Gasteiger partial charge in [-0.05, 0) is 66.3 Å². The Morgan fingerprint density at radius 1 is 0.900 bits per heavy atom. The maximum atomic E-state index is 14.0. The molecule has 7 heteroatoms. The number of carbonyl (C=O) groups excluding carboxylic acids is 2. The Morgan fingerprint density at radius 3 is 2.23 bits per heavy atom. The Hall–Kier alpha value is -4.49. The van der Waals surface area contributed by atoms with Crippen LogP contribution in [0.25, 0.3) is 0 Å². The number of halogens is 1. The molecule has 1 atom stereocenters. The first-order chi connectivity index (χ1) is 19.4. The summed E-state index contributed by atoms with van der Waals surface area (Å²) in [5.41, 5.74) is 2.35. The van der Waals surface area contributed by atoms with Gasteiger partial charge in [-0.3, -0.25) is 9.59 Å². The van der Waals surface area contributed by atoms with Gasteiger partial charge in [0.05, 0.1) is 7.11 Å². The molecule has 4 aromatic rings. The molecule has 1 N–H and O–H groups in total. The summed E-state index contributed by atoms with van der Waals surface area (Å²) in [5, 5.41) is 10.5. The molecule has 0 aliphatic heterocycles. The van der Waals surface area contributed by atoms with Gasteiger partial charge in [0.15, 0.2) is 23.1 Å². The van der Waals surface area contributed by atoms with Gasteiger partial charge in [0, 0.05) is 24.2 Å². The van der Waals surface area contributed by atoms with E-state index in [0.29, 0.717) is 41.4 Å². The van der Waals surface area contributed by atoms with Crippen molar-refractivity contribution in [2.75, 3.05) is 13.7 Å². The third kappa shape index (κ3) is 6.38. The lowest BCUT2D eigenvalue weighted by Gasteiger charge is -2.23. The topological polar surface area (TPSA) is 76.1 Å². The molecule has 0 radical (unpaired) electrons. The van der Waals surface area contributed by atoms with Crippen LogP contribution in [0, 0.1) is 11.7 Å². The molecule has 0 heterocycles. The minimum atomic E-state index is -1.23. The number of aliphatic hydroxyl groups excluding tert-OH is 1. The fraction of sp³-hybridized carbons (Fsp3) is 0.212. The van der Waals surface area contributed by atoms with Crippen LogP contribution in [0.5, 0.6) is 17.2 Å². The van der Waals surface area contributed by atoms with Gasteiger partial charge in [0.1, 0.15) is 11.9 Å². The number of carbonyl (C=O) groups is 2. The second kappa shape index (κ2) is 12.1. The average molecular weight is 540 g/mol. The van der Waals surface area contributed by atoms with Crippen LogP contribution in [0.1, 0.15) is 50.8 Å². The summed E-state index contributed by atoms with van der Waals surface area (Å²) < 4.78 is 24.9. The molecule has 40 heavy (non-hydrogen) atoms. The predicted octanol–water partition coefficient (Wildman–Crippen LogP) is 6.60. The molecule has 0 bridgehead atoms. The highest BCUT2D eigenvalue weighted by Gasteiger charge is 2.28. The van der Waals surface area contributed by atoms with E-state index in [2.05, 4.69) is 0 Å². The molecule has 4 aromatic carbocycles. The molecule has 1 aliphatic carbocycles. The molecule has 1 amide bonds. The van der Waals surface area contributed by atoms with Gasteiger partial charge in [-0.15, -0.1) is 0 Å². The number of rotatable bonds is 11. The molecule has 0 aromatic heterocycles. The smallest absolute Gasteiger partial charge is 0.254 e. The third-order valence-electron chi connectivity index (χ3n) is 6.90. The number of nitrogens with zero attached hydrogens (tertiary/aromatic N) is 1. The number of methoxy groups -OCH3 is 1. The summed E-state index contributed by atoms with van der Waals surface area (Å²) in [5.74, 6) is 0.187. The summed E-state index contributed by atoms with van der Waals surface area (Å²) >= 11 is 0. The van der Waals surface area contributed by atoms with Crippen molar-refractivity contribution in [2.45, 2.75) is 25.5 Å². The number of amides is 1. The Bertz CT molecular complexity index is 1470. The largest absolute Gasteiger partial charge is 0.490 e. The van der Waals surface area contributed by atoms with Gasteiger partial charge in [0.2, 0.25) is 0 Å². The van der Waals surface area contributed by atoms with Gasteiger partial charge in [-0.2, -0.15) is 0 Å². The lowest BCUT2D eigenvalue weighted by molar-refractivity contribution is 0.0731. The summed E-state index contributed by atoms with van der Waals surface area (Å²) in [7, 11) is 1.38. The molecule has 0 spiro atoms. The second-order valence-corrected chi connectivity index (χ2v) is 9.90. The standard InChI is InChI=1S/C33H30FNO5/c1-39-32-28(34)8-5-9-29(32)40-27-18-16-26(17-19-27)33(38)35(20-22-10-11-22)21-23-12-14-25(15-13-23)31(37)30(36)24-6-3-2-4-7-24/h2-9,12-19,22,30,36H,10-11,20-21H2,1H3. The summed E-state index contributed by atoms with van der Waals surface area (Å²) in [6.07, 6.45) is 0.960. The van der Waals surface area contributed by atoms with Crippen molar-refractivity contribution in [1.29, 1.82) is 0 Å². The third-order valence-corrected chi connectivity index (χ3v) is 6.90. The maximum Gasteiger partial charge on any atom is 0.254 e. The zero-order valence-electron chi connectivity index (χ0n) is 22.1. The molecule has 0 saturated heterocycles. The second-order valence-electron chi connectivity index (χ2n) is 9.90. The van der Waals surface area contributed by atoms with Crippen LogP contribution in [0.3, 0.4) is 0 Å². The van der Waals surface area contributed by atoms with E-state index in [9.17, 15) is 19.1 Å². The number of para-hydroxylation sites is 1. The van der Waals surface area contributed by atoms with Crippen molar-refractivity contribution in [1.82, 2.24) is 4.90 Å². The number of ether oxygens (including phenoxy) is 2. The summed E-state index contributed by atoms with van der Waals surface area (Å²) in [6.45, 7) is 1.04. The average Bonchev–Trinajstić information content (AvgIpc) is 3.81. The molecular formula is C33H30FNO5. The fourth-order valence-electron chi connectivity index (χ4n) is 4.51. The number of hydrogen-bond acceptors (Lipinski definition) is 5. The van der Waals surface area contributed by atoms with E-state index in [1.807, 2.05) is 23.1 Å². The Morgan fingerprint density at radius 2 is 1.57 bits per heavy atom. The van der Waals surface area contributed by atoms with E-state index in [4.69, 9.17) is 9.47 Å². The van der Waals surface area contributed by atoms with Gasteiger partial charge < -0.3 is 19.5 Å². The van der Waals surface area contributed by atoms with Crippen LogP contribution in [-0.2, 0) is 6.54 Å². The van der Waals surface area contributed by atoms with E-state index in [1.54, 1.807) is 66.7 Å². The van der Waals surface area contributed by atoms with Crippen LogP contribution in [0.2, 0.25) is 0 Å². The van der Waals surface area contributed by atoms with Crippen LogP contribution < -0.4 is 9.47 Å². The van der Waals surface area contributed by atoms with E-state index in [0.717, 1.165) is 18.4 Å². The minimum Gasteiger partial charge on any atom is -0.490 e. The van der Waals surface area contributed by atoms with Crippen LogP contribution in [0.15, 0.2) is 97.1 Å². The minimum absolute atomic E-state index is 0.0144. The maximum absolute atomic E-state index is 14.0. The van der Waals surface area contributed by atoms with Crippen molar-refractivity contribution >= 4 is 11.7 Å². The number of aliphatic hydroxyl groups is 1. The molecule has 6 nitrogen and oxygen atoms in total. The van der Waals surface area contributed by atoms with Gasteiger partial charge in [0.25, 0.3) is 5.91 Å². The highest BCUT2D eigenvalue weighted by atomic mass is 19.1. The van der Waals surface area contributed by atoms with Crippen molar-refractivity contribution in [3.8, 4) is 17.2 Å². The molecular weight excluding hydrogens is 509 g/mol. The monoisotopic (exact) mass is 539 g/mol. The molecule has 1 fully saturated rings. The number of benzene rings is 4. The number of ketones is 1. The van der Waals surface area contributed by atoms with E-state index < -0.39 is 11.9 Å². The molecule has 1 aliphatic rings. The van der Waals surface area contributed by atoms with Crippen molar-refractivity contribution < 1.29 is 28.6 Å². The van der Waals surface area contributed by atoms with Crippen LogP contribution >= 0.6 is 0 Å². The lowest BCUT2D eigenvalue weighted by atomic mass is 9.99. The van der Waals surface area contributed by atoms with Gasteiger partial charge >= 0.3 is 0 Å². The highest BCUT2D eigenvalue weighted by Crippen LogP contribution is 2.34. The first-order valence-electron chi connectivity index (χ1n) is 13.2. The van der Waals surface area contributed by atoms with Crippen molar-refractivity contribution in [3.63, 3.8) is 0 Å². The number of Topliss-reactive ketones (excluding diaryl/α,β-unsaturated/α-hetero) is 1. The zero-order valence-corrected chi connectivity index (χ0v) is 22.1. The summed E-state index contributed by atoms with van der Waals surface area (Å²) in [6, 6.07) is 27.0. The quantitative estimate of drug-likeness (QED) is 0.218. The Balaban J connectivity index is 1.27. The Kier molecular flexibility index (Phi) is 8.22. The SMILES string of the molecule is COc1c(F)cccc1Oc1ccc(C(=O)N(Cc2ccc(C(=O)C(O)c3ccccc3)cc2)CC2CC2)cc1. The first kappa shape index (κ1) is 27.1. The summed E-state index contributed by atoms with van der Waals surface area (Å²) in [4.78, 5) is 28.1. The molecule has 5 rings (SSSR count). The normalized spacial score (nSPS) is 13.4. The van der Waals surface area contributed by atoms with Gasteiger partial charge in [-0.25, -0.2) is 4.39 Å². The van der Waals surface area contributed by atoms with Crippen molar-refractivity contribution in [3.05, 3.63) is 125 Å². The van der Waals surface area contributed by atoms with Crippen LogP contribution in [-0.4, -0.2) is 35.4 Å². The zero-order chi connectivity index (χ0) is 28.1. The van der Waals surface area contributed by atoms with E-state index >= 15 is 0 Å². The fourth-order valence-corrected chi connectivity index (χ4v) is 4.51.